The van der Waals surface area contributed by atoms with Gasteiger partial charge in [-0.25, -0.2) is 9.78 Å². The molecule has 2 rings (SSSR count). The summed E-state index contributed by atoms with van der Waals surface area (Å²) in [5.74, 6) is 0.213. The maximum atomic E-state index is 10.7. The summed E-state index contributed by atoms with van der Waals surface area (Å²) in [7, 11) is 3.12. The Kier molecular flexibility index (Phi) is 3.86. The number of ether oxygens (including phenoxy) is 2. The molecule has 7 heteroatoms. The minimum atomic E-state index is -1.05. The quantitative estimate of drug-likeness (QED) is 0.876. The predicted octanol–water partition coefficient (Wildman–Crippen LogP) is 2.60. The monoisotopic (exact) mass is 280 g/mol. The van der Waals surface area contributed by atoms with Gasteiger partial charge in [0.05, 0.1) is 19.9 Å². The van der Waals surface area contributed by atoms with Crippen LogP contribution < -0.4 is 14.8 Å². The number of methoxy groups -OCH3 is 2. The molecule has 1 aromatic carbocycles. The zero-order chi connectivity index (χ0) is 13.8. The second-order valence-corrected chi connectivity index (χ2v) is 4.39. The molecule has 0 saturated carbocycles. The van der Waals surface area contributed by atoms with Gasteiger partial charge in [-0.1, -0.05) is 0 Å². The maximum Gasteiger partial charge on any atom is 0.355 e. The minimum absolute atomic E-state index is 0.0139. The molecule has 0 aliphatic heterocycles. The second-order valence-electron chi connectivity index (χ2n) is 3.53. The van der Waals surface area contributed by atoms with Crippen LogP contribution in [0.4, 0.5) is 10.8 Å². The molecule has 2 aromatic rings. The van der Waals surface area contributed by atoms with Crippen molar-refractivity contribution in [3.63, 3.8) is 0 Å². The fourth-order valence-corrected chi connectivity index (χ4v) is 2.14. The van der Waals surface area contributed by atoms with Gasteiger partial charge in [0.25, 0.3) is 0 Å². The predicted molar refractivity (Wildman–Crippen MR) is 71.9 cm³/mol. The molecule has 0 saturated heterocycles. The molecule has 0 spiro atoms. The lowest BCUT2D eigenvalue weighted by atomic mass is 10.3. The van der Waals surface area contributed by atoms with E-state index in [1.54, 1.807) is 32.4 Å². The first-order valence-electron chi connectivity index (χ1n) is 5.32. The molecule has 1 aromatic heterocycles. The number of hydrogen-bond donors (Lipinski definition) is 2. The van der Waals surface area contributed by atoms with Gasteiger partial charge in [0, 0.05) is 11.4 Å². The number of nitrogens with one attached hydrogen (secondary N) is 1. The Bertz CT molecular complexity index is 597. The number of thiazole rings is 1. The first kappa shape index (κ1) is 13.2. The number of rotatable bonds is 5. The Morgan fingerprint density at radius 2 is 2.16 bits per heavy atom. The molecule has 0 fully saturated rings. The van der Waals surface area contributed by atoms with Crippen LogP contribution in [0, 0.1) is 0 Å². The molecule has 1 heterocycles. The van der Waals surface area contributed by atoms with E-state index in [1.165, 1.54) is 16.7 Å². The number of aromatic nitrogens is 1. The van der Waals surface area contributed by atoms with E-state index in [0.717, 1.165) is 0 Å². The van der Waals surface area contributed by atoms with Crippen molar-refractivity contribution in [1.29, 1.82) is 0 Å². The molecular formula is C12H12N2O4S. The number of hydrogen-bond acceptors (Lipinski definition) is 6. The van der Waals surface area contributed by atoms with E-state index < -0.39 is 5.97 Å². The Labute approximate surface area is 113 Å². The Morgan fingerprint density at radius 3 is 2.74 bits per heavy atom. The van der Waals surface area contributed by atoms with Gasteiger partial charge in [-0.05, 0) is 12.1 Å². The average Bonchev–Trinajstić information content (AvgIpc) is 2.88. The Hall–Kier alpha value is -2.28. The highest BCUT2D eigenvalue weighted by molar-refractivity contribution is 7.14. The van der Waals surface area contributed by atoms with Gasteiger partial charge in [-0.3, -0.25) is 0 Å². The van der Waals surface area contributed by atoms with Gasteiger partial charge in [-0.2, -0.15) is 0 Å². The molecular weight excluding hydrogens is 268 g/mol. The normalized spacial score (nSPS) is 10.0. The first-order chi connectivity index (χ1) is 9.13. The molecule has 0 aliphatic carbocycles. The van der Waals surface area contributed by atoms with Crippen molar-refractivity contribution in [3.8, 4) is 11.5 Å². The molecule has 0 unspecified atom stereocenters. The lowest BCUT2D eigenvalue weighted by Crippen LogP contribution is -1.98. The summed E-state index contributed by atoms with van der Waals surface area (Å²) >= 11 is 1.21. The van der Waals surface area contributed by atoms with Gasteiger partial charge in [0.2, 0.25) is 0 Å². The number of aromatic carboxylic acids is 1. The van der Waals surface area contributed by atoms with Crippen LogP contribution in [0.25, 0.3) is 0 Å². The maximum absolute atomic E-state index is 10.7. The standard InChI is InChI=1S/C12H12N2O4S/c1-17-7-3-4-8(10(5-7)18-2)13-12-14-9(6-19-12)11(15)16/h3-6H,1-2H3,(H,13,14)(H,15,16). The zero-order valence-electron chi connectivity index (χ0n) is 10.3. The molecule has 100 valence electrons. The summed E-state index contributed by atoms with van der Waals surface area (Å²) in [4.78, 5) is 14.7. The molecule has 2 N–H and O–H groups in total. The largest absolute Gasteiger partial charge is 0.497 e. The Morgan fingerprint density at radius 1 is 1.37 bits per heavy atom. The number of nitrogens with zero attached hydrogens (tertiary/aromatic N) is 1. The van der Waals surface area contributed by atoms with Crippen molar-refractivity contribution in [3.05, 3.63) is 29.3 Å². The highest BCUT2D eigenvalue weighted by Gasteiger charge is 2.11. The highest BCUT2D eigenvalue weighted by atomic mass is 32.1. The number of carboxylic acid groups (broad SMARTS) is 1. The second kappa shape index (κ2) is 5.57. The van der Waals surface area contributed by atoms with Crippen molar-refractivity contribution in [1.82, 2.24) is 4.98 Å². The van der Waals surface area contributed by atoms with Crippen LogP contribution in [0.1, 0.15) is 10.5 Å². The molecule has 0 amide bonds. The lowest BCUT2D eigenvalue weighted by Gasteiger charge is -2.10. The number of carbonyl (C=O) groups is 1. The van der Waals surface area contributed by atoms with E-state index in [-0.39, 0.29) is 5.69 Å². The van der Waals surface area contributed by atoms with Crippen molar-refractivity contribution in [2.45, 2.75) is 0 Å². The molecule has 6 nitrogen and oxygen atoms in total. The van der Waals surface area contributed by atoms with E-state index in [4.69, 9.17) is 14.6 Å². The SMILES string of the molecule is COc1ccc(Nc2nc(C(=O)O)cs2)c(OC)c1. The van der Waals surface area contributed by atoms with Crippen LogP contribution in [0.5, 0.6) is 11.5 Å². The summed E-state index contributed by atoms with van der Waals surface area (Å²) in [6.07, 6.45) is 0. The van der Waals surface area contributed by atoms with E-state index in [0.29, 0.717) is 22.3 Å². The summed E-state index contributed by atoms with van der Waals surface area (Å²) in [6.45, 7) is 0. The summed E-state index contributed by atoms with van der Waals surface area (Å²) in [5.41, 5.74) is 0.703. The van der Waals surface area contributed by atoms with Crippen LogP contribution in [-0.4, -0.2) is 30.3 Å². The van der Waals surface area contributed by atoms with Crippen molar-refractivity contribution in [2.75, 3.05) is 19.5 Å². The van der Waals surface area contributed by atoms with Crippen LogP contribution >= 0.6 is 11.3 Å². The first-order valence-corrected chi connectivity index (χ1v) is 6.20. The van der Waals surface area contributed by atoms with E-state index in [9.17, 15) is 4.79 Å². The van der Waals surface area contributed by atoms with Crippen molar-refractivity contribution in [2.24, 2.45) is 0 Å². The van der Waals surface area contributed by atoms with Gasteiger partial charge >= 0.3 is 5.97 Å². The smallest absolute Gasteiger partial charge is 0.355 e. The summed E-state index contributed by atoms with van der Waals surface area (Å²) in [6, 6.07) is 5.28. The third-order valence-corrected chi connectivity index (χ3v) is 3.13. The summed E-state index contributed by atoms with van der Waals surface area (Å²) < 4.78 is 10.3. The molecule has 0 bridgehead atoms. The van der Waals surface area contributed by atoms with E-state index in [2.05, 4.69) is 10.3 Å². The van der Waals surface area contributed by atoms with E-state index in [1.807, 2.05) is 0 Å². The summed E-state index contributed by atoms with van der Waals surface area (Å²) in [5, 5.41) is 13.8. The van der Waals surface area contributed by atoms with Gasteiger partial charge in [-0.15, -0.1) is 11.3 Å². The van der Waals surface area contributed by atoms with Crippen LogP contribution in [0.2, 0.25) is 0 Å². The fraction of sp³-hybridized carbons (Fsp3) is 0.167. The molecule has 0 radical (unpaired) electrons. The van der Waals surface area contributed by atoms with Gasteiger partial charge < -0.3 is 19.9 Å². The topological polar surface area (TPSA) is 80.7 Å². The number of carboxylic acids is 1. The minimum Gasteiger partial charge on any atom is -0.497 e. The van der Waals surface area contributed by atoms with E-state index >= 15 is 0 Å². The van der Waals surface area contributed by atoms with Gasteiger partial charge in [0.1, 0.15) is 11.5 Å². The number of benzene rings is 1. The van der Waals surface area contributed by atoms with Crippen molar-refractivity contribution < 1.29 is 19.4 Å². The third kappa shape index (κ3) is 2.94. The average molecular weight is 280 g/mol. The van der Waals surface area contributed by atoms with Crippen LogP contribution in [-0.2, 0) is 0 Å². The third-order valence-electron chi connectivity index (χ3n) is 2.37. The molecule has 19 heavy (non-hydrogen) atoms. The highest BCUT2D eigenvalue weighted by Crippen LogP contribution is 2.32. The zero-order valence-corrected chi connectivity index (χ0v) is 11.2. The number of anilines is 2. The molecule has 0 atom stereocenters. The van der Waals surface area contributed by atoms with Crippen LogP contribution in [0.3, 0.4) is 0 Å². The molecule has 0 aliphatic rings. The van der Waals surface area contributed by atoms with Crippen LogP contribution in [0.15, 0.2) is 23.6 Å². The Balaban J connectivity index is 2.24. The van der Waals surface area contributed by atoms with Crippen molar-refractivity contribution >= 4 is 28.1 Å². The van der Waals surface area contributed by atoms with Gasteiger partial charge in [0.15, 0.2) is 10.8 Å². The lowest BCUT2D eigenvalue weighted by molar-refractivity contribution is 0.0691. The fourth-order valence-electron chi connectivity index (χ4n) is 1.45.